The number of aromatic nitrogens is 1. The highest BCUT2D eigenvalue weighted by molar-refractivity contribution is 6.21. The number of carbonyl (C=O) groups excluding carboxylic acids is 3. The van der Waals surface area contributed by atoms with Crippen LogP contribution in [0.5, 0.6) is 0 Å². The van der Waals surface area contributed by atoms with Gasteiger partial charge in [0, 0.05) is 53.5 Å². The van der Waals surface area contributed by atoms with Crippen LogP contribution in [0.3, 0.4) is 0 Å². The van der Waals surface area contributed by atoms with E-state index in [0.717, 1.165) is 46.6 Å². The maximum absolute atomic E-state index is 13.6. The summed E-state index contributed by atoms with van der Waals surface area (Å²) in [6.45, 7) is 1.81. The molecule has 0 spiro atoms. The van der Waals surface area contributed by atoms with Crippen LogP contribution in [0.4, 0.5) is 0 Å². The van der Waals surface area contributed by atoms with Crippen LogP contribution >= 0.6 is 11.8 Å². The highest BCUT2D eigenvalue weighted by atomic mass is 35.5. The molecule has 1 aromatic heterocycles. The maximum atomic E-state index is 13.6. The van der Waals surface area contributed by atoms with Gasteiger partial charge in [-0.1, -0.05) is 18.6 Å². The second kappa shape index (κ2) is 15.6. The number of hydrogen-bond donors (Lipinski definition) is 6. The molecule has 13 heteroatoms. The van der Waals surface area contributed by atoms with Gasteiger partial charge in [-0.15, -0.1) is 0 Å². The standard InChI is InChI=1S/C30H40ClN7O5/c1-18(39)34-27-16-20-10-12-25-23(15-20)22-14-19(9-11-24(22)36-25)6-3-4-7-21(17-43-42-2)35-28(40)26(37-29(27)41)8-5-13-33-30(32)38-31/h9-12,14-15,21,26-27,36H,3-8,13,16-17H2,1-2H3,(H,34,39)(H,35,40)(H,37,41)(H3,32,33,38)/t21-,26+,27?/m0/s1. The van der Waals surface area contributed by atoms with Crippen LogP contribution in [0.25, 0.3) is 21.8 Å². The zero-order chi connectivity index (χ0) is 30.8. The molecule has 4 rings (SSSR count). The predicted octanol–water partition coefficient (Wildman–Crippen LogP) is 2.48. The van der Waals surface area contributed by atoms with Crippen molar-refractivity contribution in [2.24, 2.45) is 10.7 Å². The highest BCUT2D eigenvalue weighted by Gasteiger charge is 2.28. The van der Waals surface area contributed by atoms with E-state index in [9.17, 15) is 14.4 Å². The lowest BCUT2D eigenvalue weighted by Gasteiger charge is -2.25. The average molecular weight is 614 g/mol. The molecule has 7 N–H and O–H groups in total. The summed E-state index contributed by atoms with van der Waals surface area (Å²) in [5.41, 5.74) is 9.74. The van der Waals surface area contributed by atoms with Gasteiger partial charge in [0.15, 0.2) is 0 Å². The first-order valence-corrected chi connectivity index (χ1v) is 14.9. The third kappa shape index (κ3) is 9.06. The van der Waals surface area contributed by atoms with Crippen molar-refractivity contribution < 1.29 is 24.2 Å². The van der Waals surface area contributed by atoms with E-state index >= 15 is 0 Å². The van der Waals surface area contributed by atoms with E-state index in [0.29, 0.717) is 19.4 Å². The molecule has 0 saturated heterocycles. The summed E-state index contributed by atoms with van der Waals surface area (Å²) < 4.78 is 0. The lowest BCUT2D eigenvalue weighted by molar-refractivity contribution is -0.276. The van der Waals surface area contributed by atoms with Gasteiger partial charge < -0.3 is 26.7 Å². The van der Waals surface area contributed by atoms with E-state index in [2.05, 4.69) is 55.0 Å². The van der Waals surface area contributed by atoms with Crippen molar-refractivity contribution in [3.63, 3.8) is 0 Å². The highest BCUT2D eigenvalue weighted by Crippen LogP contribution is 2.28. The number of amides is 3. The Morgan fingerprint density at radius 1 is 1.07 bits per heavy atom. The molecule has 3 amide bonds. The smallest absolute Gasteiger partial charge is 0.243 e. The predicted molar refractivity (Wildman–Crippen MR) is 166 cm³/mol. The minimum atomic E-state index is -0.897. The normalized spacial score (nSPS) is 20.6. The molecule has 3 aromatic rings. The SMILES string of the molecule is COOC[C@@H]1CCCCc2ccc3[nH]c4ccc(cc4c3c2)CC(NC(C)=O)C(=O)N[C@H](CCCN=C(N)NCl)C(=O)N1. The summed E-state index contributed by atoms with van der Waals surface area (Å²) in [6, 6.07) is 10.3. The quantitative estimate of drug-likeness (QED) is 0.0565. The Morgan fingerprint density at radius 2 is 1.79 bits per heavy atom. The molecule has 2 aromatic carbocycles. The average Bonchev–Trinajstić information content (AvgIpc) is 3.35. The van der Waals surface area contributed by atoms with Crippen LogP contribution in [0, 0.1) is 0 Å². The molecule has 0 saturated carbocycles. The minimum Gasteiger partial charge on any atom is -0.369 e. The first kappa shape index (κ1) is 32.1. The Morgan fingerprint density at radius 3 is 2.49 bits per heavy atom. The van der Waals surface area contributed by atoms with Crippen LogP contribution in [-0.2, 0) is 37.0 Å². The molecular formula is C30H40ClN7O5. The van der Waals surface area contributed by atoms with Crippen molar-refractivity contribution in [2.75, 3.05) is 20.3 Å². The van der Waals surface area contributed by atoms with Crippen LogP contribution in [0.15, 0.2) is 41.4 Å². The Kier molecular flexibility index (Phi) is 11.6. The molecule has 0 radical (unpaired) electrons. The fourth-order valence-corrected chi connectivity index (χ4v) is 5.46. The summed E-state index contributed by atoms with van der Waals surface area (Å²) in [7, 11) is 1.42. The van der Waals surface area contributed by atoms with Gasteiger partial charge in [0.25, 0.3) is 0 Å². The van der Waals surface area contributed by atoms with E-state index < -0.39 is 18.0 Å². The lowest BCUT2D eigenvalue weighted by Crippen LogP contribution is -2.55. The number of halogens is 1. The topological polar surface area (TPSA) is 172 Å². The number of fused-ring (bicyclic) bond motifs is 2. The van der Waals surface area contributed by atoms with Crippen LogP contribution in [0.2, 0.25) is 0 Å². The van der Waals surface area contributed by atoms with Crippen molar-refractivity contribution in [1.82, 2.24) is 25.8 Å². The van der Waals surface area contributed by atoms with E-state index in [1.165, 1.54) is 19.6 Å². The number of nitrogens with zero attached hydrogens (tertiary/aromatic N) is 1. The molecule has 1 unspecified atom stereocenters. The molecule has 232 valence electrons. The molecular weight excluding hydrogens is 574 g/mol. The number of aryl methyl sites for hydroxylation is 1. The summed E-state index contributed by atoms with van der Waals surface area (Å²) in [4.78, 5) is 59.1. The van der Waals surface area contributed by atoms with Gasteiger partial charge in [-0.25, -0.2) is 9.78 Å². The maximum Gasteiger partial charge on any atom is 0.243 e. The Balaban J connectivity index is 1.66. The van der Waals surface area contributed by atoms with E-state index in [4.69, 9.17) is 27.3 Å². The van der Waals surface area contributed by atoms with Gasteiger partial charge in [0.05, 0.1) is 13.2 Å². The molecule has 3 atom stereocenters. The van der Waals surface area contributed by atoms with Crippen LogP contribution < -0.4 is 26.5 Å². The van der Waals surface area contributed by atoms with Gasteiger partial charge in [0.1, 0.15) is 18.7 Å². The number of nitrogens with two attached hydrogens (primary N) is 1. The Labute approximate surface area is 255 Å². The monoisotopic (exact) mass is 613 g/mol. The number of aromatic amines is 1. The van der Waals surface area contributed by atoms with Crippen molar-refractivity contribution >= 4 is 57.3 Å². The third-order valence-electron chi connectivity index (χ3n) is 7.53. The van der Waals surface area contributed by atoms with E-state index in [1.807, 2.05) is 12.1 Å². The number of rotatable bonds is 8. The molecule has 12 nitrogen and oxygen atoms in total. The fourth-order valence-electron chi connectivity index (χ4n) is 5.40. The van der Waals surface area contributed by atoms with Gasteiger partial charge in [-0.05, 0) is 67.5 Å². The first-order valence-electron chi connectivity index (χ1n) is 14.5. The van der Waals surface area contributed by atoms with E-state index in [1.54, 1.807) is 0 Å². The summed E-state index contributed by atoms with van der Waals surface area (Å²) in [6.07, 6.45) is 4.28. The largest absolute Gasteiger partial charge is 0.369 e. The number of benzene rings is 2. The number of hydrogen-bond acceptors (Lipinski definition) is 6. The van der Waals surface area contributed by atoms with Crippen LogP contribution in [-0.4, -0.2) is 67.1 Å². The van der Waals surface area contributed by atoms with Crippen molar-refractivity contribution in [2.45, 2.75) is 70.0 Å². The number of aliphatic imine (C=N–C) groups is 1. The summed E-state index contributed by atoms with van der Waals surface area (Å²) in [5.74, 6) is -1.12. The van der Waals surface area contributed by atoms with Crippen LogP contribution in [0.1, 0.15) is 50.2 Å². The van der Waals surface area contributed by atoms with E-state index in [-0.39, 0.29) is 43.3 Å². The summed E-state index contributed by atoms with van der Waals surface area (Å²) in [5, 5.41) is 10.8. The lowest BCUT2D eigenvalue weighted by atomic mass is 9.99. The fraction of sp³-hybridized carbons (Fsp3) is 0.467. The number of guanidine groups is 1. The summed E-state index contributed by atoms with van der Waals surface area (Å²) >= 11 is 5.47. The molecule has 4 bridgehead atoms. The van der Waals surface area contributed by atoms with Gasteiger partial charge in [-0.2, -0.15) is 0 Å². The molecule has 2 heterocycles. The number of H-pyrrole nitrogens is 1. The van der Waals surface area contributed by atoms with Gasteiger partial charge in [0.2, 0.25) is 23.7 Å². The molecule has 1 aliphatic rings. The zero-order valence-electron chi connectivity index (χ0n) is 24.5. The number of carbonyl (C=O) groups is 3. The third-order valence-corrected chi connectivity index (χ3v) is 7.72. The molecule has 0 aliphatic carbocycles. The second-order valence-electron chi connectivity index (χ2n) is 10.8. The Hall–Kier alpha value is -3.87. The van der Waals surface area contributed by atoms with Crippen molar-refractivity contribution in [3.05, 3.63) is 47.5 Å². The minimum absolute atomic E-state index is 0.0604. The Bertz CT molecular complexity index is 1460. The van der Waals surface area contributed by atoms with Gasteiger partial charge in [-0.3, -0.25) is 24.2 Å². The second-order valence-corrected chi connectivity index (χ2v) is 11.0. The first-order chi connectivity index (χ1) is 20.8. The van der Waals surface area contributed by atoms with Crippen molar-refractivity contribution in [3.8, 4) is 0 Å². The zero-order valence-corrected chi connectivity index (χ0v) is 25.3. The molecule has 43 heavy (non-hydrogen) atoms. The molecule has 1 aliphatic heterocycles. The van der Waals surface area contributed by atoms with Gasteiger partial charge >= 0.3 is 0 Å². The number of nitrogens with one attached hydrogen (secondary N) is 5. The van der Waals surface area contributed by atoms with Crippen molar-refractivity contribution in [1.29, 1.82) is 0 Å². The molecule has 0 fully saturated rings.